The van der Waals surface area contributed by atoms with Gasteiger partial charge in [-0.05, 0) is 42.9 Å². The summed E-state index contributed by atoms with van der Waals surface area (Å²) >= 11 is 0. The molecule has 0 aromatic heterocycles. The highest BCUT2D eigenvalue weighted by atomic mass is 32.2. The zero-order valence-corrected chi connectivity index (χ0v) is 25.3. The molecule has 1 aliphatic rings. The van der Waals surface area contributed by atoms with E-state index in [9.17, 15) is 26.7 Å². The van der Waals surface area contributed by atoms with E-state index in [1.807, 2.05) is 44.2 Å². The Morgan fingerprint density at radius 2 is 1.50 bits per heavy atom. The van der Waals surface area contributed by atoms with E-state index in [0.29, 0.717) is 13.1 Å². The molecule has 3 atom stereocenters. The summed E-state index contributed by atoms with van der Waals surface area (Å²) in [6, 6.07) is 16.5. The molecule has 9 nitrogen and oxygen atoms in total. The molecule has 3 rings (SSSR count). The summed E-state index contributed by atoms with van der Waals surface area (Å²) in [6.45, 7) is 6.26. The maximum atomic E-state index is 13.8. The first-order valence-corrected chi connectivity index (χ1v) is 17.0. The molecule has 1 aliphatic heterocycles. The van der Waals surface area contributed by atoms with Gasteiger partial charge < -0.3 is 10.4 Å². The summed E-state index contributed by atoms with van der Waals surface area (Å²) in [7, 11) is -7.55. The van der Waals surface area contributed by atoms with Gasteiger partial charge in [0.1, 0.15) is 0 Å². The Morgan fingerprint density at radius 1 is 0.925 bits per heavy atom. The third kappa shape index (κ3) is 8.84. The summed E-state index contributed by atoms with van der Waals surface area (Å²) in [5.74, 6) is -1.67. The molecule has 0 bridgehead atoms. The van der Waals surface area contributed by atoms with Crippen LogP contribution in [0.5, 0.6) is 0 Å². The van der Waals surface area contributed by atoms with Gasteiger partial charge in [0.15, 0.2) is 0 Å². The number of aliphatic hydroxyl groups is 1. The van der Waals surface area contributed by atoms with Crippen LogP contribution in [0.4, 0.5) is 0 Å². The van der Waals surface area contributed by atoms with E-state index in [-0.39, 0.29) is 36.1 Å². The fourth-order valence-corrected chi connectivity index (χ4v) is 8.59. The Hall–Kier alpha value is -2.31. The topological polar surface area (TPSA) is 124 Å². The maximum Gasteiger partial charge on any atom is 0.243 e. The van der Waals surface area contributed by atoms with Crippen molar-refractivity contribution in [3.8, 4) is 0 Å². The summed E-state index contributed by atoms with van der Waals surface area (Å²) in [6.07, 6.45) is 1.61. The third-order valence-electron chi connectivity index (χ3n) is 7.10. The molecule has 2 N–H and O–H groups in total. The fourth-order valence-electron chi connectivity index (χ4n) is 4.94. The second-order valence-electron chi connectivity index (χ2n) is 11.0. The number of carbonyl (C=O) groups is 1. The Kier molecular flexibility index (Phi) is 11.7. The van der Waals surface area contributed by atoms with E-state index in [1.54, 1.807) is 25.1 Å². The van der Waals surface area contributed by atoms with Crippen LogP contribution in [0.25, 0.3) is 0 Å². The largest absolute Gasteiger partial charge is 0.390 e. The van der Waals surface area contributed by atoms with E-state index >= 15 is 0 Å². The highest BCUT2D eigenvalue weighted by molar-refractivity contribution is 7.89. The first-order valence-electron chi connectivity index (χ1n) is 14.0. The molecule has 1 amide bonds. The summed E-state index contributed by atoms with van der Waals surface area (Å²) in [5.41, 5.74) is 0.843. The van der Waals surface area contributed by atoms with Crippen molar-refractivity contribution in [2.24, 2.45) is 11.8 Å². The standard InChI is InChI=1S/C29H43N3O6S2/c1-23(2)21-32(40(37,38)26-15-9-5-10-16-26)27(19-25-13-7-4-8-14-25)28(33)20-30-29(34)24(3)22-39(35,36)31-17-11-6-12-18-31/h4-5,7-10,13-16,23-24,27-28,33H,6,11-12,17-22H2,1-3H3,(H,30,34)/t24-,27?,28+/m0/s1. The van der Waals surface area contributed by atoms with E-state index < -0.39 is 44.0 Å². The lowest BCUT2D eigenvalue weighted by Crippen LogP contribution is -2.53. The molecular formula is C29H43N3O6S2. The number of nitrogens with one attached hydrogen (secondary N) is 1. The highest BCUT2D eigenvalue weighted by Gasteiger charge is 2.37. The average molecular weight is 594 g/mol. The zero-order chi connectivity index (χ0) is 29.3. The number of hydrogen-bond donors (Lipinski definition) is 2. The van der Waals surface area contributed by atoms with Crippen molar-refractivity contribution < 1.29 is 26.7 Å². The van der Waals surface area contributed by atoms with Crippen LogP contribution in [0, 0.1) is 11.8 Å². The van der Waals surface area contributed by atoms with Crippen molar-refractivity contribution in [1.82, 2.24) is 13.9 Å². The number of nitrogens with zero attached hydrogens (tertiary/aromatic N) is 2. The minimum atomic E-state index is -3.98. The minimum absolute atomic E-state index is 0.0291. The maximum absolute atomic E-state index is 13.8. The van der Waals surface area contributed by atoms with Gasteiger partial charge in [0.05, 0.1) is 28.7 Å². The van der Waals surface area contributed by atoms with Gasteiger partial charge in [-0.3, -0.25) is 4.79 Å². The van der Waals surface area contributed by atoms with E-state index in [1.165, 1.54) is 20.7 Å². The molecule has 1 heterocycles. The van der Waals surface area contributed by atoms with Crippen LogP contribution < -0.4 is 5.32 Å². The number of carbonyl (C=O) groups excluding carboxylic acids is 1. The number of piperidine rings is 1. The second-order valence-corrected chi connectivity index (χ2v) is 14.9. The van der Waals surface area contributed by atoms with E-state index in [4.69, 9.17) is 0 Å². The molecule has 1 fully saturated rings. The van der Waals surface area contributed by atoms with Gasteiger partial charge in [-0.2, -0.15) is 4.31 Å². The van der Waals surface area contributed by atoms with Crippen LogP contribution in [-0.4, -0.2) is 80.5 Å². The van der Waals surface area contributed by atoms with Gasteiger partial charge in [0, 0.05) is 26.2 Å². The molecule has 0 radical (unpaired) electrons. The number of benzene rings is 2. The van der Waals surface area contributed by atoms with Gasteiger partial charge in [-0.1, -0.05) is 75.7 Å². The van der Waals surface area contributed by atoms with Crippen molar-refractivity contribution in [2.45, 2.75) is 63.5 Å². The van der Waals surface area contributed by atoms with Crippen LogP contribution in [-0.2, 0) is 31.3 Å². The number of hydrogen-bond acceptors (Lipinski definition) is 6. The van der Waals surface area contributed by atoms with E-state index in [0.717, 1.165) is 24.8 Å². The van der Waals surface area contributed by atoms with Crippen LogP contribution in [0.1, 0.15) is 45.6 Å². The summed E-state index contributed by atoms with van der Waals surface area (Å²) in [4.78, 5) is 13.0. The van der Waals surface area contributed by atoms with Gasteiger partial charge in [-0.25, -0.2) is 21.1 Å². The van der Waals surface area contributed by atoms with Gasteiger partial charge >= 0.3 is 0 Å². The normalized spacial score (nSPS) is 17.4. The Bertz CT molecular complexity index is 1280. The smallest absolute Gasteiger partial charge is 0.243 e. The predicted octanol–water partition coefficient (Wildman–Crippen LogP) is 2.87. The highest BCUT2D eigenvalue weighted by Crippen LogP contribution is 2.24. The summed E-state index contributed by atoms with van der Waals surface area (Å²) in [5, 5.41) is 14.1. The first-order chi connectivity index (χ1) is 18.9. The van der Waals surface area contributed by atoms with Gasteiger partial charge in [0.25, 0.3) is 0 Å². The molecule has 2 aromatic carbocycles. The lowest BCUT2D eigenvalue weighted by Gasteiger charge is -2.35. The lowest BCUT2D eigenvalue weighted by molar-refractivity contribution is -0.124. The van der Waals surface area contributed by atoms with Crippen LogP contribution in [0.15, 0.2) is 65.6 Å². The third-order valence-corrected chi connectivity index (χ3v) is 11.1. The number of amides is 1. The molecular weight excluding hydrogens is 550 g/mol. The number of rotatable bonds is 14. The quantitative estimate of drug-likeness (QED) is 0.347. The number of aliphatic hydroxyl groups excluding tert-OH is 1. The van der Waals surface area contributed by atoms with Crippen molar-refractivity contribution in [1.29, 1.82) is 0 Å². The fraction of sp³-hybridized carbons (Fsp3) is 0.552. The van der Waals surface area contributed by atoms with Gasteiger partial charge in [-0.15, -0.1) is 0 Å². The Morgan fingerprint density at radius 3 is 2.08 bits per heavy atom. The van der Waals surface area contributed by atoms with Crippen LogP contribution in [0.2, 0.25) is 0 Å². The Labute approximate surface area is 239 Å². The van der Waals surface area contributed by atoms with Crippen molar-refractivity contribution in [3.63, 3.8) is 0 Å². The average Bonchev–Trinajstić information content (AvgIpc) is 2.94. The van der Waals surface area contributed by atoms with Crippen LogP contribution >= 0.6 is 0 Å². The lowest BCUT2D eigenvalue weighted by atomic mass is 10.00. The SMILES string of the molecule is CC(C)CN(C(Cc1ccccc1)[C@H](O)CNC(=O)[C@@H](C)CS(=O)(=O)N1CCCCC1)S(=O)(=O)c1ccccc1. The molecule has 40 heavy (non-hydrogen) atoms. The predicted molar refractivity (Wildman–Crippen MR) is 156 cm³/mol. The monoisotopic (exact) mass is 593 g/mol. The molecule has 0 spiro atoms. The first kappa shape index (κ1) is 32.2. The molecule has 222 valence electrons. The van der Waals surface area contributed by atoms with Crippen molar-refractivity contribution in [3.05, 3.63) is 66.2 Å². The summed E-state index contributed by atoms with van der Waals surface area (Å²) < 4.78 is 56.0. The van der Waals surface area contributed by atoms with Crippen LogP contribution in [0.3, 0.4) is 0 Å². The molecule has 1 unspecified atom stereocenters. The van der Waals surface area contributed by atoms with Crippen molar-refractivity contribution in [2.75, 3.05) is 31.9 Å². The van der Waals surface area contributed by atoms with Crippen molar-refractivity contribution >= 4 is 26.0 Å². The molecule has 11 heteroatoms. The molecule has 0 saturated carbocycles. The molecule has 2 aromatic rings. The zero-order valence-electron chi connectivity index (χ0n) is 23.6. The second kappa shape index (κ2) is 14.5. The van der Waals surface area contributed by atoms with E-state index in [2.05, 4.69) is 5.32 Å². The molecule has 1 saturated heterocycles. The number of sulfonamides is 2. The Balaban J connectivity index is 1.80. The van der Waals surface area contributed by atoms with Gasteiger partial charge in [0.2, 0.25) is 26.0 Å². The molecule has 0 aliphatic carbocycles. The minimum Gasteiger partial charge on any atom is -0.390 e.